The van der Waals surface area contributed by atoms with E-state index in [-0.39, 0.29) is 0 Å². The highest BCUT2D eigenvalue weighted by Crippen LogP contribution is 2.28. The van der Waals surface area contributed by atoms with Crippen LogP contribution in [0.4, 0.5) is 0 Å². The lowest BCUT2D eigenvalue weighted by Crippen LogP contribution is -2.54. The number of β-amino-alcohol motifs (C(OH)–C–C–N with tert-alkyl or cyclic N) is 1. The Labute approximate surface area is 187 Å². The molecule has 0 spiro atoms. The summed E-state index contributed by atoms with van der Waals surface area (Å²) in [7, 11) is 1.66. The molecule has 1 aromatic heterocycles. The second-order valence-electron chi connectivity index (χ2n) is 8.74. The van der Waals surface area contributed by atoms with Crippen molar-refractivity contribution in [1.82, 2.24) is 14.8 Å². The summed E-state index contributed by atoms with van der Waals surface area (Å²) in [6, 6.07) is 8.22. The molecular weight excluding hydrogens is 388 g/mol. The Bertz CT molecular complexity index is 800. The molecule has 6 nitrogen and oxygen atoms in total. The summed E-state index contributed by atoms with van der Waals surface area (Å²) in [5.74, 6) is 0.782. The minimum Gasteiger partial charge on any atom is -0.497 e. The summed E-state index contributed by atoms with van der Waals surface area (Å²) in [5, 5.41) is 12.0. The zero-order valence-electron chi connectivity index (χ0n) is 19.3. The number of rotatable bonds is 12. The lowest BCUT2D eigenvalue weighted by Gasteiger charge is -2.42. The topological polar surface area (TPSA) is 74.8 Å². The van der Waals surface area contributed by atoms with Crippen LogP contribution in [0.25, 0.3) is 10.9 Å². The van der Waals surface area contributed by atoms with Crippen molar-refractivity contribution >= 4 is 10.9 Å². The van der Waals surface area contributed by atoms with Gasteiger partial charge in [0, 0.05) is 43.8 Å². The number of piperazine rings is 1. The van der Waals surface area contributed by atoms with Crippen LogP contribution in [0.5, 0.6) is 5.75 Å². The van der Waals surface area contributed by atoms with Gasteiger partial charge in [-0.25, -0.2) is 0 Å². The highest BCUT2D eigenvalue weighted by Gasteiger charge is 2.27. The van der Waals surface area contributed by atoms with E-state index in [1.165, 1.54) is 38.6 Å². The van der Waals surface area contributed by atoms with Gasteiger partial charge < -0.3 is 15.6 Å². The normalized spacial score (nSPS) is 19.0. The first kappa shape index (κ1) is 23.9. The minimum absolute atomic E-state index is 0.478. The van der Waals surface area contributed by atoms with Gasteiger partial charge in [-0.1, -0.05) is 32.6 Å². The van der Waals surface area contributed by atoms with Crippen molar-refractivity contribution in [2.75, 3.05) is 46.4 Å². The van der Waals surface area contributed by atoms with Gasteiger partial charge in [0.25, 0.3) is 0 Å². The van der Waals surface area contributed by atoms with Crippen molar-refractivity contribution in [3.05, 3.63) is 36.0 Å². The summed E-state index contributed by atoms with van der Waals surface area (Å²) in [5.41, 5.74) is 7.73. The maximum Gasteiger partial charge on any atom is 0.119 e. The van der Waals surface area contributed by atoms with E-state index in [1.54, 1.807) is 13.3 Å². The summed E-state index contributed by atoms with van der Waals surface area (Å²) >= 11 is 0. The number of nitrogens with two attached hydrogens (primary N) is 1. The van der Waals surface area contributed by atoms with Crippen LogP contribution in [0.1, 0.15) is 57.1 Å². The van der Waals surface area contributed by atoms with Crippen LogP contribution < -0.4 is 10.5 Å². The quantitative estimate of drug-likeness (QED) is 0.503. The maximum atomic E-state index is 11.1. The Morgan fingerprint density at radius 1 is 1.19 bits per heavy atom. The lowest BCUT2D eigenvalue weighted by atomic mass is 10.0. The van der Waals surface area contributed by atoms with Crippen molar-refractivity contribution < 1.29 is 9.84 Å². The minimum atomic E-state index is -0.559. The first-order valence-corrected chi connectivity index (χ1v) is 11.9. The van der Waals surface area contributed by atoms with Gasteiger partial charge in [0.2, 0.25) is 0 Å². The molecule has 0 radical (unpaired) electrons. The number of aromatic nitrogens is 1. The van der Waals surface area contributed by atoms with Gasteiger partial charge >= 0.3 is 0 Å². The highest BCUT2D eigenvalue weighted by atomic mass is 16.5. The van der Waals surface area contributed by atoms with Crippen molar-refractivity contribution in [3.8, 4) is 5.75 Å². The molecule has 6 heteroatoms. The number of aliphatic hydroxyl groups excluding tert-OH is 1. The smallest absolute Gasteiger partial charge is 0.119 e. The Morgan fingerprint density at radius 2 is 2.03 bits per heavy atom. The molecule has 0 saturated carbocycles. The second kappa shape index (κ2) is 12.3. The maximum absolute atomic E-state index is 11.1. The predicted molar refractivity (Wildman–Crippen MR) is 127 cm³/mol. The number of hydrogen-bond donors (Lipinski definition) is 2. The summed E-state index contributed by atoms with van der Waals surface area (Å²) in [6.07, 6.45) is 8.79. The van der Waals surface area contributed by atoms with Gasteiger partial charge in [0.15, 0.2) is 0 Å². The molecule has 0 amide bonds. The predicted octanol–water partition coefficient (Wildman–Crippen LogP) is 3.58. The Balaban J connectivity index is 1.61. The van der Waals surface area contributed by atoms with Crippen LogP contribution in [0.3, 0.4) is 0 Å². The molecule has 31 heavy (non-hydrogen) atoms. The molecule has 0 bridgehead atoms. The van der Waals surface area contributed by atoms with E-state index in [0.29, 0.717) is 19.1 Å². The Kier molecular flexibility index (Phi) is 9.53. The van der Waals surface area contributed by atoms with Crippen molar-refractivity contribution in [2.24, 2.45) is 5.73 Å². The van der Waals surface area contributed by atoms with E-state index >= 15 is 0 Å². The first-order valence-electron chi connectivity index (χ1n) is 11.9. The number of methoxy groups -OCH3 is 1. The summed E-state index contributed by atoms with van der Waals surface area (Å²) in [4.78, 5) is 9.45. The monoisotopic (exact) mass is 428 g/mol. The average molecular weight is 429 g/mol. The summed E-state index contributed by atoms with van der Waals surface area (Å²) in [6.45, 7) is 7.77. The van der Waals surface area contributed by atoms with Crippen LogP contribution in [-0.2, 0) is 0 Å². The molecule has 3 rings (SSSR count). The number of fused-ring (bicyclic) bond motifs is 1. The number of unbranched alkanes of at least 4 members (excludes halogenated alkanes) is 4. The molecule has 1 aliphatic heterocycles. The largest absolute Gasteiger partial charge is 0.497 e. The molecule has 3 N–H and O–H groups in total. The van der Waals surface area contributed by atoms with E-state index in [1.807, 2.05) is 24.3 Å². The molecular formula is C25H40N4O2. The first-order chi connectivity index (χ1) is 15.2. The summed E-state index contributed by atoms with van der Waals surface area (Å²) < 4.78 is 5.38. The third-order valence-electron chi connectivity index (χ3n) is 6.51. The molecule has 0 aliphatic carbocycles. The van der Waals surface area contributed by atoms with E-state index < -0.39 is 6.10 Å². The molecule has 2 aromatic rings. The lowest BCUT2D eigenvalue weighted by molar-refractivity contribution is 0.0369. The van der Waals surface area contributed by atoms with Gasteiger partial charge in [-0.2, -0.15) is 0 Å². The van der Waals surface area contributed by atoms with E-state index in [9.17, 15) is 5.11 Å². The van der Waals surface area contributed by atoms with Gasteiger partial charge in [-0.3, -0.25) is 14.8 Å². The fourth-order valence-electron chi connectivity index (χ4n) is 4.71. The standard InChI is InChI=1S/C25H40N4O2/c1-3-4-5-6-7-14-29-16-15-28(18-20(29)10-12-26)19-25(30)22-11-13-27-24-9-8-21(31-2)17-23(22)24/h8-9,11,13,17,20,25,30H,3-7,10,12,14-16,18-19,26H2,1-2H3/t20-,25?/m1/s1. The van der Waals surface area contributed by atoms with Crippen LogP contribution in [0, 0.1) is 0 Å². The van der Waals surface area contributed by atoms with Crippen molar-refractivity contribution in [3.63, 3.8) is 0 Å². The Hall–Kier alpha value is -1.73. The number of pyridine rings is 1. The van der Waals surface area contributed by atoms with E-state index in [4.69, 9.17) is 10.5 Å². The van der Waals surface area contributed by atoms with Crippen LogP contribution >= 0.6 is 0 Å². The van der Waals surface area contributed by atoms with Crippen LogP contribution in [0.15, 0.2) is 30.5 Å². The third-order valence-corrected chi connectivity index (χ3v) is 6.51. The van der Waals surface area contributed by atoms with Crippen molar-refractivity contribution in [1.29, 1.82) is 0 Å². The van der Waals surface area contributed by atoms with Gasteiger partial charge in [0.1, 0.15) is 5.75 Å². The average Bonchev–Trinajstić information content (AvgIpc) is 2.79. The van der Waals surface area contributed by atoms with E-state index in [2.05, 4.69) is 21.7 Å². The fourth-order valence-corrected chi connectivity index (χ4v) is 4.71. The third kappa shape index (κ3) is 6.62. The molecule has 1 aliphatic rings. The number of ether oxygens (including phenoxy) is 1. The molecule has 1 aromatic carbocycles. The number of nitrogens with zero attached hydrogens (tertiary/aromatic N) is 3. The van der Waals surface area contributed by atoms with Gasteiger partial charge in [-0.05, 0) is 55.8 Å². The molecule has 1 saturated heterocycles. The van der Waals surface area contributed by atoms with Gasteiger partial charge in [-0.15, -0.1) is 0 Å². The Morgan fingerprint density at radius 3 is 2.81 bits per heavy atom. The van der Waals surface area contributed by atoms with Crippen molar-refractivity contribution in [2.45, 2.75) is 57.6 Å². The number of benzene rings is 1. The van der Waals surface area contributed by atoms with Crippen LogP contribution in [0.2, 0.25) is 0 Å². The second-order valence-corrected chi connectivity index (χ2v) is 8.74. The zero-order valence-corrected chi connectivity index (χ0v) is 19.3. The molecule has 2 atom stereocenters. The number of hydrogen-bond acceptors (Lipinski definition) is 6. The molecule has 172 valence electrons. The van der Waals surface area contributed by atoms with Crippen LogP contribution in [-0.4, -0.2) is 72.3 Å². The zero-order chi connectivity index (χ0) is 22.1. The molecule has 2 heterocycles. The highest BCUT2D eigenvalue weighted by molar-refractivity contribution is 5.83. The van der Waals surface area contributed by atoms with Gasteiger partial charge in [0.05, 0.1) is 18.7 Å². The van der Waals surface area contributed by atoms with E-state index in [0.717, 1.165) is 48.3 Å². The SMILES string of the molecule is CCCCCCCN1CCN(CC(O)c2ccnc3ccc(OC)cc23)C[C@H]1CCN. The fraction of sp³-hybridized carbons (Fsp3) is 0.640. The molecule has 1 fully saturated rings. The number of aliphatic hydroxyl groups is 1. The molecule has 1 unspecified atom stereocenters.